The topological polar surface area (TPSA) is 95.9 Å². The minimum atomic E-state index is -0.663. The molecule has 0 bridgehead atoms. The van der Waals surface area contributed by atoms with E-state index >= 15 is 0 Å². The summed E-state index contributed by atoms with van der Waals surface area (Å²) in [4.78, 5) is 24.6. The number of aliphatic hydroxyl groups is 2. The molecular weight excluding hydrogens is 983 g/mol. The van der Waals surface area contributed by atoms with Gasteiger partial charge in [-0.25, -0.2) is 0 Å². The predicted octanol–water partition coefficient (Wildman–Crippen LogP) is 23.7. The Morgan fingerprint density at radius 1 is 0.350 bits per heavy atom. The molecule has 6 nitrogen and oxygen atoms in total. The van der Waals surface area contributed by atoms with Crippen LogP contribution in [0.3, 0.4) is 0 Å². The largest absolute Gasteiger partial charge is 0.466 e. The van der Waals surface area contributed by atoms with Crippen molar-refractivity contribution in [3.63, 3.8) is 0 Å². The zero-order chi connectivity index (χ0) is 57.8. The Balaban J connectivity index is 3.36. The van der Waals surface area contributed by atoms with Crippen molar-refractivity contribution in [1.29, 1.82) is 0 Å². The van der Waals surface area contributed by atoms with Crippen molar-refractivity contribution in [1.82, 2.24) is 5.32 Å². The van der Waals surface area contributed by atoms with Gasteiger partial charge >= 0.3 is 5.97 Å². The molecule has 0 aliphatic rings. The molecule has 2 atom stereocenters. The number of carbonyl (C=O) groups excluding carboxylic acids is 2. The summed E-state index contributed by atoms with van der Waals surface area (Å²) in [6, 6.07) is -0.540. The van der Waals surface area contributed by atoms with E-state index in [1.807, 2.05) is 0 Å². The summed E-state index contributed by atoms with van der Waals surface area (Å²) in [5.41, 5.74) is 0. The fraction of sp³-hybridized carbons (Fsp3) is 0.919. The molecule has 0 aliphatic carbocycles. The van der Waals surface area contributed by atoms with Crippen molar-refractivity contribution in [2.24, 2.45) is 0 Å². The second kappa shape index (κ2) is 69.8. The molecule has 0 saturated heterocycles. The van der Waals surface area contributed by atoms with Gasteiger partial charge < -0.3 is 20.3 Å². The summed E-state index contributed by atoms with van der Waals surface area (Å²) < 4.78 is 5.51. The molecule has 0 spiro atoms. The molecule has 474 valence electrons. The van der Waals surface area contributed by atoms with Crippen molar-refractivity contribution < 1.29 is 24.5 Å². The van der Waals surface area contributed by atoms with E-state index in [1.165, 1.54) is 334 Å². The van der Waals surface area contributed by atoms with E-state index in [0.29, 0.717) is 25.9 Å². The maximum absolute atomic E-state index is 12.5. The Hall–Kier alpha value is -1.66. The third-order valence-electron chi connectivity index (χ3n) is 17.3. The number of hydrogen-bond acceptors (Lipinski definition) is 5. The molecular formula is C74H143NO5. The van der Waals surface area contributed by atoms with Gasteiger partial charge in [0.1, 0.15) is 0 Å². The lowest BCUT2D eigenvalue weighted by Crippen LogP contribution is -2.45. The van der Waals surface area contributed by atoms with Crippen LogP contribution >= 0.6 is 0 Å². The lowest BCUT2D eigenvalue weighted by molar-refractivity contribution is -0.143. The first kappa shape index (κ1) is 78.3. The highest BCUT2D eigenvalue weighted by atomic mass is 16.5. The molecule has 1 amide bonds. The molecule has 0 heterocycles. The Morgan fingerprint density at radius 2 is 0.625 bits per heavy atom. The van der Waals surface area contributed by atoms with Gasteiger partial charge in [0.2, 0.25) is 5.91 Å². The fourth-order valence-electron chi connectivity index (χ4n) is 11.7. The Labute approximate surface area is 501 Å². The van der Waals surface area contributed by atoms with Gasteiger partial charge in [0, 0.05) is 12.8 Å². The Kier molecular flexibility index (Phi) is 68.4. The van der Waals surface area contributed by atoms with E-state index in [9.17, 15) is 19.8 Å². The number of unbranched alkanes of at least 4 members (excludes halogenated alkanes) is 54. The number of amides is 1. The summed E-state index contributed by atoms with van der Waals surface area (Å²) in [7, 11) is 0. The molecule has 0 aromatic heterocycles. The first-order valence-corrected chi connectivity index (χ1v) is 36.6. The van der Waals surface area contributed by atoms with E-state index < -0.39 is 12.1 Å². The quantitative estimate of drug-likeness (QED) is 0.0320. The first-order valence-electron chi connectivity index (χ1n) is 36.6. The van der Waals surface area contributed by atoms with E-state index in [4.69, 9.17) is 4.74 Å². The summed E-state index contributed by atoms with van der Waals surface area (Å²) in [5, 5.41) is 23.3. The van der Waals surface area contributed by atoms with Crippen LogP contribution in [0.4, 0.5) is 0 Å². The fourth-order valence-corrected chi connectivity index (χ4v) is 11.7. The number of nitrogens with one attached hydrogen (secondary N) is 1. The smallest absolute Gasteiger partial charge is 0.305 e. The monoisotopic (exact) mass is 1130 g/mol. The molecule has 80 heavy (non-hydrogen) atoms. The van der Waals surface area contributed by atoms with Crippen molar-refractivity contribution in [2.75, 3.05) is 13.2 Å². The van der Waals surface area contributed by atoms with Crippen LogP contribution in [0.15, 0.2) is 24.3 Å². The second-order valence-electron chi connectivity index (χ2n) is 25.3. The van der Waals surface area contributed by atoms with E-state index in [0.717, 1.165) is 44.9 Å². The van der Waals surface area contributed by atoms with Crippen LogP contribution < -0.4 is 5.32 Å². The van der Waals surface area contributed by atoms with Crippen molar-refractivity contribution in [3.8, 4) is 0 Å². The number of rotatable bonds is 69. The number of carbonyl (C=O) groups is 2. The first-order chi connectivity index (χ1) is 39.5. The Morgan fingerprint density at radius 3 is 0.950 bits per heavy atom. The molecule has 0 saturated carbocycles. The highest BCUT2D eigenvalue weighted by molar-refractivity contribution is 5.76. The molecule has 6 heteroatoms. The molecule has 2 unspecified atom stereocenters. The highest BCUT2D eigenvalue weighted by Gasteiger charge is 2.20. The van der Waals surface area contributed by atoms with Crippen LogP contribution in [-0.4, -0.2) is 47.4 Å². The van der Waals surface area contributed by atoms with Gasteiger partial charge in [-0.15, -0.1) is 0 Å². The highest BCUT2D eigenvalue weighted by Crippen LogP contribution is 2.19. The van der Waals surface area contributed by atoms with E-state index in [2.05, 4.69) is 43.5 Å². The molecule has 0 radical (unpaired) electrons. The number of allylic oxidation sites excluding steroid dienone is 4. The van der Waals surface area contributed by atoms with Crippen LogP contribution in [0.2, 0.25) is 0 Å². The van der Waals surface area contributed by atoms with Crippen LogP contribution in [0.1, 0.15) is 412 Å². The predicted molar refractivity (Wildman–Crippen MR) is 352 cm³/mol. The summed E-state index contributed by atoms with van der Waals surface area (Å²) in [6.07, 6.45) is 88.1. The molecule has 3 N–H and O–H groups in total. The normalized spacial score (nSPS) is 12.6. The number of aliphatic hydroxyl groups excluding tert-OH is 2. The number of esters is 1. The molecule has 0 aromatic rings. The molecule has 0 aliphatic heterocycles. The SMILES string of the molecule is CCCCCCCCCCCCCCCCCCCCC(=O)OCCCCCCCCCCC/C=C\C/C=C\CCCCCCCCCCCCCCCCCC(=O)NC(CO)C(O)CCCCCCCCCCCCCCCC. The van der Waals surface area contributed by atoms with Gasteiger partial charge in [-0.05, 0) is 57.8 Å². The molecule has 0 rings (SSSR count). The molecule has 0 aromatic carbocycles. The zero-order valence-electron chi connectivity index (χ0n) is 54.3. The van der Waals surface area contributed by atoms with Gasteiger partial charge in [0.25, 0.3) is 0 Å². The number of ether oxygens (including phenoxy) is 1. The lowest BCUT2D eigenvalue weighted by atomic mass is 10.0. The standard InChI is InChI=1S/C74H143NO5/c1-3-5-7-9-11-13-15-17-19-20-37-40-44-48-52-56-60-64-68-74(79)80-69-65-61-57-53-49-45-41-38-35-33-31-29-27-25-23-21-22-24-26-28-30-32-34-36-39-43-47-51-55-59-63-67-73(78)75-71(70-76)72(77)66-62-58-54-50-46-42-18-16-14-12-10-8-6-4-2/h23,25,29,31,71-72,76-77H,3-22,24,26-28,30,32-70H2,1-2H3,(H,75,78)/b25-23-,31-29-. The van der Waals surface area contributed by atoms with Crippen molar-refractivity contribution >= 4 is 11.9 Å². The van der Waals surface area contributed by atoms with Gasteiger partial charge in [0.15, 0.2) is 0 Å². The maximum atomic E-state index is 12.5. The van der Waals surface area contributed by atoms with Gasteiger partial charge in [-0.1, -0.05) is 366 Å². The molecule has 0 fully saturated rings. The van der Waals surface area contributed by atoms with Gasteiger partial charge in [0.05, 0.1) is 25.4 Å². The zero-order valence-corrected chi connectivity index (χ0v) is 54.3. The minimum absolute atomic E-state index is 0.0184. The summed E-state index contributed by atoms with van der Waals surface area (Å²) >= 11 is 0. The van der Waals surface area contributed by atoms with Crippen LogP contribution in [0.5, 0.6) is 0 Å². The van der Waals surface area contributed by atoms with Crippen LogP contribution in [0, 0.1) is 0 Å². The maximum Gasteiger partial charge on any atom is 0.305 e. The van der Waals surface area contributed by atoms with Crippen LogP contribution in [-0.2, 0) is 14.3 Å². The van der Waals surface area contributed by atoms with E-state index in [1.54, 1.807) is 0 Å². The van der Waals surface area contributed by atoms with Gasteiger partial charge in [-0.2, -0.15) is 0 Å². The average molecular weight is 1130 g/mol. The summed E-state index contributed by atoms with van der Waals surface area (Å²) in [6.45, 7) is 4.99. The van der Waals surface area contributed by atoms with Crippen LogP contribution in [0.25, 0.3) is 0 Å². The number of hydrogen-bond donors (Lipinski definition) is 3. The third kappa shape index (κ3) is 65.5. The minimum Gasteiger partial charge on any atom is -0.466 e. The van der Waals surface area contributed by atoms with E-state index in [-0.39, 0.29) is 18.5 Å². The second-order valence-corrected chi connectivity index (χ2v) is 25.3. The third-order valence-corrected chi connectivity index (χ3v) is 17.3. The van der Waals surface area contributed by atoms with Gasteiger partial charge in [-0.3, -0.25) is 9.59 Å². The lowest BCUT2D eigenvalue weighted by Gasteiger charge is -2.22. The Bertz CT molecular complexity index is 1250. The van der Waals surface area contributed by atoms with Crippen molar-refractivity contribution in [2.45, 2.75) is 424 Å². The van der Waals surface area contributed by atoms with Crippen molar-refractivity contribution in [3.05, 3.63) is 24.3 Å². The average Bonchev–Trinajstić information content (AvgIpc) is 3.46. The summed E-state index contributed by atoms with van der Waals surface area (Å²) in [5.74, 6) is -0.0134.